The van der Waals surface area contributed by atoms with E-state index in [-0.39, 0.29) is 17.6 Å². The van der Waals surface area contributed by atoms with E-state index in [0.717, 1.165) is 10.5 Å². The minimum Gasteiger partial charge on any atom is -0.325 e. The smallest absolute Gasteiger partial charge is 0.255 e. The van der Waals surface area contributed by atoms with Gasteiger partial charge in [-0.15, -0.1) is 11.8 Å². The summed E-state index contributed by atoms with van der Waals surface area (Å²) in [6.45, 7) is 1.91. The lowest BCUT2D eigenvalue weighted by molar-refractivity contribution is -0.113. The maximum atomic E-state index is 12.2. The SMILES string of the molecule is Cc1ccc(NC(=O)CSc2ccc(NC(=O)c3cccc(Cl)c3)cc2)cc1Cl. The molecule has 0 unspecified atom stereocenters. The molecule has 4 nitrogen and oxygen atoms in total. The molecule has 3 aromatic rings. The first kappa shape index (κ1) is 21.2. The molecule has 0 aliphatic heterocycles. The summed E-state index contributed by atoms with van der Waals surface area (Å²) in [6.07, 6.45) is 0. The van der Waals surface area contributed by atoms with Crippen LogP contribution in [0.2, 0.25) is 10.0 Å². The average Bonchev–Trinajstić information content (AvgIpc) is 2.70. The molecule has 148 valence electrons. The third-order valence-electron chi connectivity index (χ3n) is 4.02. The van der Waals surface area contributed by atoms with E-state index in [1.54, 1.807) is 42.5 Å². The Morgan fingerprint density at radius 3 is 2.31 bits per heavy atom. The van der Waals surface area contributed by atoms with E-state index in [1.807, 2.05) is 31.2 Å². The highest BCUT2D eigenvalue weighted by Gasteiger charge is 2.08. The molecule has 0 radical (unpaired) electrons. The van der Waals surface area contributed by atoms with Crippen molar-refractivity contribution in [1.82, 2.24) is 0 Å². The highest BCUT2D eigenvalue weighted by Crippen LogP contribution is 2.23. The molecular weight excluding hydrogens is 427 g/mol. The first-order valence-electron chi connectivity index (χ1n) is 8.76. The minimum atomic E-state index is -0.232. The second kappa shape index (κ2) is 9.83. The first-order valence-corrected chi connectivity index (χ1v) is 10.5. The van der Waals surface area contributed by atoms with E-state index in [4.69, 9.17) is 23.2 Å². The highest BCUT2D eigenvalue weighted by molar-refractivity contribution is 8.00. The minimum absolute atomic E-state index is 0.117. The summed E-state index contributed by atoms with van der Waals surface area (Å²) in [5.74, 6) is -0.0861. The Kier molecular flexibility index (Phi) is 7.20. The molecule has 3 aromatic carbocycles. The van der Waals surface area contributed by atoms with Gasteiger partial charge in [-0.2, -0.15) is 0 Å². The summed E-state index contributed by atoms with van der Waals surface area (Å²) in [7, 11) is 0. The van der Waals surface area contributed by atoms with Crippen molar-refractivity contribution in [3.63, 3.8) is 0 Å². The van der Waals surface area contributed by atoms with Crippen molar-refractivity contribution >= 4 is 58.2 Å². The molecule has 0 aliphatic carbocycles. The fourth-order valence-electron chi connectivity index (χ4n) is 2.48. The van der Waals surface area contributed by atoms with Crippen molar-refractivity contribution in [2.45, 2.75) is 11.8 Å². The number of hydrogen-bond acceptors (Lipinski definition) is 3. The van der Waals surface area contributed by atoms with E-state index in [1.165, 1.54) is 11.8 Å². The van der Waals surface area contributed by atoms with Gasteiger partial charge in [0, 0.05) is 31.9 Å². The summed E-state index contributed by atoms with van der Waals surface area (Å²) in [5, 5.41) is 6.78. The van der Waals surface area contributed by atoms with Crippen molar-refractivity contribution in [2.24, 2.45) is 0 Å². The van der Waals surface area contributed by atoms with Gasteiger partial charge in [-0.05, 0) is 67.1 Å². The summed E-state index contributed by atoms with van der Waals surface area (Å²) in [5.41, 5.74) is 2.79. The average molecular weight is 445 g/mol. The molecule has 29 heavy (non-hydrogen) atoms. The zero-order valence-corrected chi connectivity index (χ0v) is 17.9. The summed E-state index contributed by atoms with van der Waals surface area (Å²) >= 11 is 13.4. The van der Waals surface area contributed by atoms with E-state index in [2.05, 4.69) is 10.6 Å². The van der Waals surface area contributed by atoms with Crippen LogP contribution in [0.5, 0.6) is 0 Å². The standard InChI is InChI=1S/C22H18Cl2N2O2S/c1-14-5-6-18(12-20(14)24)25-21(27)13-29-19-9-7-17(8-10-19)26-22(28)15-3-2-4-16(23)11-15/h2-12H,13H2,1H3,(H,25,27)(H,26,28). The monoisotopic (exact) mass is 444 g/mol. The van der Waals surface area contributed by atoms with Gasteiger partial charge in [0.25, 0.3) is 5.91 Å². The van der Waals surface area contributed by atoms with Gasteiger partial charge in [0.05, 0.1) is 5.75 Å². The number of nitrogens with one attached hydrogen (secondary N) is 2. The molecule has 7 heteroatoms. The Balaban J connectivity index is 1.51. The largest absolute Gasteiger partial charge is 0.325 e. The second-order valence-corrected chi connectivity index (χ2v) is 8.18. The zero-order chi connectivity index (χ0) is 20.8. The molecule has 0 heterocycles. The summed E-state index contributed by atoms with van der Waals surface area (Å²) < 4.78 is 0. The van der Waals surface area contributed by atoms with Crippen LogP contribution in [0.25, 0.3) is 0 Å². The number of carbonyl (C=O) groups is 2. The predicted molar refractivity (Wildman–Crippen MR) is 121 cm³/mol. The number of rotatable bonds is 6. The van der Waals surface area contributed by atoms with E-state index in [9.17, 15) is 9.59 Å². The molecule has 3 rings (SSSR count). The molecule has 0 atom stereocenters. The number of hydrogen-bond donors (Lipinski definition) is 2. The Hall–Kier alpha value is -2.47. The molecule has 0 spiro atoms. The molecule has 0 aliphatic rings. The van der Waals surface area contributed by atoms with E-state index in [0.29, 0.717) is 27.0 Å². The number of carbonyl (C=O) groups excluding carboxylic acids is 2. The van der Waals surface area contributed by atoms with Crippen LogP contribution < -0.4 is 10.6 Å². The number of amides is 2. The van der Waals surface area contributed by atoms with E-state index >= 15 is 0 Å². The van der Waals surface area contributed by atoms with Crippen molar-refractivity contribution in [3.05, 3.63) is 87.9 Å². The third kappa shape index (κ3) is 6.26. The van der Waals surface area contributed by atoms with Gasteiger partial charge in [0.15, 0.2) is 0 Å². The topological polar surface area (TPSA) is 58.2 Å². The number of thioether (sulfide) groups is 1. The van der Waals surface area contributed by atoms with Crippen molar-refractivity contribution in [3.8, 4) is 0 Å². The normalized spacial score (nSPS) is 10.4. The fourth-order valence-corrected chi connectivity index (χ4v) is 3.55. The highest BCUT2D eigenvalue weighted by atomic mass is 35.5. The van der Waals surface area contributed by atoms with Crippen molar-refractivity contribution < 1.29 is 9.59 Å². The van der Waals surface area contributed by atoms with Crippen LogP contribution in [-0.4, -0.2) is 17.6 Å². The van der Waals surface area contributed by atoms with Gasteiger partial charge in [0.1, 0.15) is 0 Å². The Labute approximate surface area is 183 Å². The molecule has 2 amide bonds. The van der Waals surface area contributed by atoms with Gasteiger partial charge in [-0.1, -0.05) is 35.3 Å². The van der Waals surface area contributed by atoms with Gasteiger partial charge in [-0.25, -0.2) is 0 Å². The lowest BCUT2D eigenvalue weighted by Gasteiger charge is -2.08. The Bertz CT molecular complexity index is 1040. The molecule has 0 bridgehead atoms. The molecular formula is C22H18Cl2N2O2S. The van der Waals surface area contributed by atoms with Crippen LogP contribution in [0.3, 0.4) is 0 Å². The number of anilines is 2. The maximum Gasteiger partial charge on any atom is 0.255 e. The third-order valence-corrected chi connectivity index (χ3v) is 5.68. The van der Waals surface area contributed by atoms with Gasteiger partial charge < -0.3 is 10.6 Å². The van der Waals surface area contributed by atoms with Crippen LogP contribution in [0.1, 0.15) is 15.9 Å². The number of aryl methyl sites for hydroxylation is 1. The second-order valence-electron chi connectivity index (χ2n) is 6.29. The Morgan fingerprint density at radius 2 is 1.62 bits per heavy atom. The fraction of sp³-hybridized carbons (Fsp3) is 0.0909. The first-order chi connectivity index (χ1) is 13.9. The van der Waals surface area contributed by atoms with Gasteiger partial charge in [0.2, 0.25) is 5.91 Å². The Morgan fingerprint density at radius 1 is 0.897 bits per heavy atom. The van der Waals surface area contributed by atoms with E-state index < -0.39 is 0 Å². The van der Waals surface area contributed by atoms with Crippen LogP contribution in [-0.2, 0) is 4.79 Å². The van der Waals surface area contributed by atoms with Crippen LogP contribution in [0.15, 0.2) is 71.6 Å². The van der Waals surface area contributed by atoms with Gasteiger partial charge >= 0.3 is 0 Å². The number of benzene rings is 3. The molecule has 2 N–H and O–H groups in total. The molecule has 0 saturated heterocycles. The molecule has 0 aromatic heterocycles. The number of halogens is 2. The molecule has 0 saturated carbocycles. The van der Waals surface area contributed by atoms with Crippen LogP contribution >= 0.6 is 35.0 Å². The van der Waals surface area contributed by atoms with Crippen LogP contribution in [0.4, 0.5) is 11.4 Å². The maximum absolute atomic E-state index is 12.2. The van der Waals surface area contributed by atoms with Gasteiger partial charge in [-0.3, -0.25) is 9.59 Å². The summed E-state index contributed by atoms with van der Waals surface area (Å²) in [4.78, 5) is 25.3. The van der Waals surface area contributed by atoms with Crippen molar-refractivity contribution in [1.29, 1.82) is 0 Å². The zero-order valence-electron chi connectivity index (χ0n) is 15.5. The van der Waals surface area contributed by atoms with Crippen LogP contribution in [0, 0.1) is 6.92 Å². The molecule has 0 fully saturated rings. The quantitative estimate of drug-likeness (QED) is 0.439. The van der Waals surface area contributed by atoms with Crippen molar-refractivity contribution in [2.75, 3.05) is 16.4 Å². The predicted octanol–water partition coefficient (Wildman–Crippen LogP) is 6.28. The lowest BCUT2D eigenvalue weighted by Crippen LogP contribution is -2.14. The summed E-state index contributed by atoms with van der Waals surface area (Å²) in [6, 6.07) is 19.5. The lowest BCUT2D eigenvalue weighted by atomic mass is 10.2.